The molecule has 2 aromatic carbocycles. The summed E-state index contributed by atoms with van der Waals surface area (Å²) < 4.78 is 0. The van der Waals surface area contributed by atoms with Crippen LogP contribution in [0.3, 0.4) is 0 Å². The van der Waals surface area contributed by atoms with E-state index in [0.29, 0.717) is 0 Å². The molecule has 0 bridgehead atoms. The average Bonchev–Trinajstić information content (AvgIpc) is 2.81. The Balaban J connectivity index is 2.06. The highest BCUT2D eigenvalue weighted by molar-refractivity contribution is 5.81. The second-order valence-corrected chi connectivity index (χ2v) is 5.54. The molecule has 0 aromatic heterocycles. The molecule has 2 nitrogen and oxygen atoms in total. The maximum Gasteiger partial charge on any atom is 0.161 e. The van der Waals surface area contributed by atoms with Crippen LogP contribution in [-0.4, -0.2) is 10.2 Å². The largest absolute Gasteiger partial charge is 0.504 e. The molecule has 2 aromatic rings. The molecule has 2 heteroatoms. The SMILES string of the molecule is CCCCCc1c(O)c(O)cc2c1Cc1ccccc1-2. The fourth-order valence-electron chi connectivity index (χ4n) is 3.14. The second-order valence-electron chi connectivity index (χ2n) is 5.54. The van der Waals surface area contributed by atoms with E-state index in [0.717, 1.165) is 43.2 Å². The fraction of sp³-hybridized carbons (Fsp3) is 0.333. The molecule has 3 rings (SSSR count). The lowest BCUT2D eigenvalue weighted by molar-refractivity contribution is 0.398. The van der Waals surface area contributed by atoms with Crippen molar-refractivity contribution in [2.75, 3.05) is 0 Å². The van der Waals surface area contributed by atoms with Gasteiger partial charge >= 0.3 is 0 Å². The van der Waals surface area contributed by atoms with Crippen LogP contribution in [0.5, 0.6) is 11.5 Å². The zero-order valence-corrected chi connectivity index (χ0v) is 11.8. The lowest BCUT2D eigenvalue weighted by atomic mass is 9.95. The van der Waals surface area contributed by atoms with Crippen molar-refractivity contribution >= 4 is 0 Å². The second kappa shape index (κ2) is 5.20. The molecular formula is C18H20O2. The van der Waals surface area contributed by atoms with E-state index in [4.69, 9.17) is 0 Å². The van der Waals surface area contributed by atoms with E-state index >= 15 is 0 Å². The molecule has 2 N–H and O–H groups in total. The van der Waals surface area contributed by atoms with Crippen molar-refractivity contribution in [1.82, 2.24) is 0 Å². The van der Waals surface area contributed by atoms with Gasteiger partial charge in [0.15, 0.2) is 11.5 Å². The van der Waals surface area contributed by atoms with E-state index in [1.807, 2.05) is 12.1 Å². The number of hydrogen-bond acceptors (Lipinski definition) is 2. The third-order valence-electron chi connectivity index (χ3n) is 4.20. The van der Waals surface area contributed by atoms with E-state index in [1.165, 1.54) is 16.7 Å². The van der Waals surface area contributed by atoms with Gasteiger partial charge in [0.05, 0.1) is 0 Å². The number of fused-ring (bicyclic) bond motifs is 3. The Morgan fingerprint density at radius 3 is 2.65 bits per heavy atom. The first-order valence-corrected chi connectivity index (χ1v) is 7.37. The predicted molar refractivity (Wildman–Crippen MR) is 81.2 cm³/mol. The van der Waals surface area contributed by atoms with Crippen molar-refractivity contribution in [2.45, 2.75) is 39.0 Å². The molecule has 0 spiro atoms. The molecule has 0 unspecified atom stereocenters. The van der Waals surface area contributed by atoms with Gasteiger partial charge in [-0.15, -0.1) is 0 Å². The standard InChI is InChI=1S/C18H20O2/c1-2-3-4-9-14-15-10-12-7-5-6-8-13(12)16(15)11-17(19)18(14)20/h5-8,11,19-20H,2-4,9-10H2,1H3. The Morgan fingerprint density at radius 1 is 1.05 bits per heavy atom. The van der Waals surface area contributed by atoms with Gasteiger partial charge in [0.1, 0.15) is 0 Å². The van der Waals surface area contributed by atoms with Crippen LogP contribution in [0.15, 0.2) is 30.3 Å². The number of rotatable bonds is 4. The maximum absolute atomic E-state index is 10.2. The summed E-state index contributed by atoms with van der Waals surface area (Å²) >= 11 is 0. The van der Waals surface area contributed by atoms with E-state index < -0.39 is 0 Å². The summed E-state index contributed by atoms with van der Waals surface area (Å²) in [7, 11) is 0. The van der Waals surface area contributed by atoms with Gasteiger partial charge in [0.2, 0.25) is 0 Å². The van der Waals surface area contributed by atoms with Crippen LogP contribution >= 0.6 is 0 Å². The van der Waals surface area contributed by atoms with Gasteiger partial charge < -0.3 is 10.2 Å². The highest BCUT2D eigenvalue weighted by Crippen LogP contribution is 2.45. The monoisotopic (exact) mass is 268 g/mol. The molecule has 0 aliphatic heterocycles. The molecule has 0 radical (unpaired) electrons. The van der Waals surface area contributed by atoms with Crippen LogP contribution < -0.4 is 0 Å². The Labute approximate surface area is 119 Å². The van der Waals surface area contributed by atoms with Gasteiger partial charge in [-0.2, -0.15) is 0 Å². The Morgan fingerprint density at radius 2 is 1.85 bits per heavy atom. The maximum atomic E-state index is 10.2. The number of unbranched alkanes of at least 4 members (excludes halogenated alkanes) is 2. The average molecular weight is 268 g/mol. The lowest BCUT2D eigenvalue weighted by Crippen LogP contribution is -1.95. The van der Waals surface area contributed by atoms with Crippen LogP contribution in [0.25, 0.3) is 11.1 Å². The van der Waals surface area contributed by atoms with E-state index in [9.17, 15) is 10.2 Å². The van der Waals surface area contributed by atoms with Crippen LogP contribution in [-0.2, 0) is 12.8 Å². The molecule has 104 valence electrons. The minimum absolute atomic E-state index is 0.00644. The molecule has 0 fully saturated rings. The molecular weight excluding hydrogens is 248 g/mol. The van der Waals surface area contributed by atoms with Crippen LogP contribution in [0.2, 0.25) is 0 Å². The van der Waals surface area contributed by atoms with Crippen LogP contribution in [0.4, 0.5) is 0 Å². The molecule has 0 atom stereocenters. The number of phenolic OH excluding ortho intramolecular Hbond substituents is 2. The normalized spacial score (nSPS) is 12.2. The molecule has 1 aliphatic rings. The summed E-state index contributed by atoms with van der Waals surface area (Å²) in [4.78, 5) is 0. The summed E-state index contributed by atoms with van der Waals surface area (Å²) in [5.41, 5.74) is 5.68. The number of benzene rings is 2. The Bertz CT molecular complexity index is 644. The number of hydrogen-bond donors (Lipinski definition) is 2. The van der Waals surface area contributed by atoms with Crippen molar-refractivity contribution in [3.8, 4) is 22.6 Å². The van der Waals surface area contributed by atoms with E-state index in [2.05, 4.69) is 19.1 Å². The number of phenols is 2. The Kier molecular flexibility index (Phi) is 3.39. The molecule has 0 amide bonds. The first kappa shape index (κ1) is 13.0. The van der Waals surface area contributed by atoms with Crippen molar-refractivity contribution < 1.29 is 10.2 Å². The number of aromatic hydroxyl groups is 2. The topological polar surface area (TPSA) is 40.5 Å². The van der Waals surface area contributed by atoms with Gasteiger partial charge in [0.25, 0.3) is 0 Å². The van der Waals surface area contributed by atoms with E-state index in [-0.39, 0.29) is 11.5 Å². The lowest BCUT2D eigenvalue weighted by Gasteiger charge is -2.12. The van der Waals surface area contributed by atoms with E-state index in [1.54, 1.807) is 6.07 Å². The zero-order valence-electron chi connectivity index (χ0n) is 11.8. The minimum atomic E-state index is 0.00644. The molecule has 1 aliphatic carbocycles. The summed E-state index contributed by atoms with van der Waals surface area (Å²) in [6.45, 7) is 2.17. The molecule has 0 saturated heterocycles. The molecule has 0 saturated carbocycles. The zero-order chi connectivity index (χ0) is 14.1. The summed E-state index contributed by atoms with van der Waals surface area (Å²) in [5.74, 6) is 0.0830. The van der Waals surface area contributed by atoms with Gasteiger partial charge in [0, 0.05) is 5.56 Å². The minimum Gasteiger partial charge on any atom is -0.504 e. The van der Waals surface area contributed by atoms with Gasteiger partial charge in [-0.1, -0.05) is 44.0 Å². The third kappa shape index (κ3) is 2.05. The van der Waals surface area contributed by atoms with Crippen molar-refractivity contribution in [1.29, 1.82) is 0 Å². The van der Waals surface area contributed by atoms with Crippen molar-refractivity contribution in [2.24, 2.45) is 0 Å². The molecule has 20 heavy (non-hydrogen) atoms. The first-order chi connectivity index (χ1) is 9.72. The summed E-state index contributed by atoms with van der Waals surface area (Å²) in [6.07, 6.45) is 5.06. The Hall–Kier alpha value is -1.96. The van der Waals surface area contributed by atoms with Crippen molar-refractivity contribution in [3.63, 3.8) is 0 Å². The third-order valence-corrected chi connectivity index (χ3v) is 4.20. The van der Waals surface area contributed by atoms with Crippen LogP contribution in [0.1, 0.15) is 42.9 Å². The van der Waals surface area contributed by atoms with Gasteiger partial charge in [-0.25, -0.2) is 0 Å². The van der Waals surface area contributed by atoms with Crippen LogP contribution in [0, 0.1) is 0 Å². The smallest absolute Gasteiger partial charge is 0.161 e. The summed E-state index contributed by atoms with van der Waals surface area (Å²) in [5, 5.41) is 20.2. The predicted octanol–water partition coefficient (Wildman–Crippen LogP) is 4.40. The van der Waals surface area contributed by atoms with Gasteiger partial charge in [-0.3, -0.25) is 0 Å². The van der Waals surface area contributed by atoms with Crippen molar-refractivity contribution in [3.05, 3.63) is 47.0 Å². The highest BCUT2D eigenvalue weighted by Gasteiger charge is 2.24. The first-order valence-electron chi connectivity index (χ1n) is 7.37. The highest BCUT2D eigenvalue weighted by atomic mass is 16.3. The summed E-state index contributed by atoms with van der Waals surface area (Å²) in [6, 6.07) is 9.99. The molecule has 0 heterocycles. The fourth-order valence-corrected chi connectivity index (χ4v) is 3.14. The quantitative estimate of drug-likeness (QED) is 0.544. The van der Waals surface area contributed by atoms with Gasteiger partial charge in [-0.05, 0) is 47.6 Å².